The normalized spacial score (nSPS) is 13.1. The molecule has 2 aliphatic carbocycles. The van der Waals surface area contributed by atoms with Crippen LogP contribution in [0.1, 0.15) is 22.3 Å². The highest BCUT2D eigenvalue weighted by Crippen LogP contribution is 2.63. The van der Waals surface area contributed by atoms with E-state index in [9.17, 15) is 0 Å². The van der Waals surface area contributed by atoms with Crippen LogP contribution in [-0.2, 0) is 5.41 Å². The minimum atomic E-state index is -0.436. The summed E-state index contributed by atoms with van der Waals surface area (Å²) < 4.78 is 2.61. The molecule has 0 saturated heterocycles. The molecule has 1 aromatic heterocycles. The Morgan fingerprint density at radius 3 is 1.58 bits per heavy atom. The molecule has 266 valence electrons. The maximum atomic E-state index is 2.50. The van der Waals surface area contributed by atoms with Crippen molar-refractivity contribution in [3.63, 3.8) is 0 Å². The van der Waals surface area contributed by atoms with Crippen molar-refractivity contribution in [3.05, 3.63) is 235 Å². The van der Waals surface area contributed by atoms with E-state index in [4.69, 9.17) is 0 Å². The first-order valence-corrected chi connectivity index (χ1v) is 20.5. The first-order valence-electron chi connectivity index (χ1n) is 19.7. The van der Waals surface area contributed by atoms with Crippen molar-refractivity contribution < 1.29 is 0 Å². The fourth-order valence-electron chi connectivity index (χ4n) is 10.0. The van der Waals surface area contributed by atoms with Crippen LogP contribution in [0.25, 0.3) is 64.7 Å². The summed E-state index contributed by atoms with van der Waals surface area (Å²) in [4.78, 5) is 2.50. The number of hydrogen-bond acceptors (Lipinski definition) is 2. The van der Waals surface area contributed by atoms with Crippen LogP contribution in [0.5, 0.6) is 0 Å². The summed E-state index contributed by atoms with van der Waals surface area (Å²) in [7, 11) is 0. The Morgan fingerprint density at radius 2 is 0.877 bits per heavy atom. The number of nitrogens with zero attached hydrogens (tertiary/aromatic N) is 1. The maximum absolute atomic E-state index is 2.50. The molecule has 0 N–H and O–H groups in total. The molecule has 0 amide bonds. The lowest BCUT2D eigenvalue weighted by Gasteiger charge is -2.33. The van der Waals surface area contributed by atoms with Crippen LogP contribution in [0, 0.1) is 0 Å². The second-order valence-corrected chi connectivity index (χ2v) is 16.2. The number of anilines is 3. The van der Waals surface area contributed by atoms with Crippen molar-refractivity contribution in [1.29, 1.82) is 0 Å². The Hall–Kier alpha value is -7.00. The molecule has 9 aromatic carbocycles. The lowest BCUT2D eigenvalue weighted by molar-refractivity contribution is 0.793. The molecule has 0 atom stereocenters. The van der Waals surface area contributed by atoms with Crippen molar-refractivity contribution >= 4 is 48.6 Å². The second-order valence-electron chi connectivity index (χ2n) is 15.1. The zero-order chi connectivity index (χ0) is 37.5. The average molecular weight is 742 g/mol. The van der Waals surface area contributed by atoms with E-state index in [0.29, 0.717) is 0 Å². The second kappa shape index (κ2) is 12.5. The van der Waals surface area contributed by atoms with Crippen molar-refractivity contribution in [2.75, 3.05) is 4.90 Å². The molecule has 0 fully saturated rings. The van der Waals surface area contributed by atoms with Gasteiger partial charge in [-0.25, -0.2) is 0 Å². The Balaban J connectivity index is 1.17. The van der Waals surface area contributed by atoms with Crippen LogP contribution in [0.2, 0.25) is 0 Å². The molecule has 57 heavy (non-hydrogen) atoms. The van der Waals surface area contributed by atoms with E-state index in [-0.39, 0.29) is 0 Å². The smallest absolute Gasteiger partial charge is 0.0726 e. The summed E-state index contributed by atoms with van der Waals surface area (Å²) in [5, 5.41) is 2.60. The first-order chi connectivity index (χ1) is 28.3. The molecule has 1 nitrogen and oxygen atoms in total. The average Bonchev–Trinajstić information content (AvgIpc) is 3.91. The first kappa shape index (κ1) is 32.3. The standard InChI is InChI=1S/C55H35NS/c1-3-17-36(18-4-1)39-25-16-31-51(53(39)46-27-15-26-45-44-24-10-14-32-52(44)57-54(45)46)56(37-19-5-2-6-20-37)38-33-34-43-42-23-9-13-30-49(42)55(50(43)35-38)47-28-11-7-21-40(47)41-22-8-12-29-48(41)55/h1-35H. The third kappa shape index (κ3) is 4.56. The number of fused-ring (bicyclic) bond motifs is 13. The Morgan fingerprint density at radius 1 is 0.351 bits per heavy atom. The molecule has 0 aliphatic heterocycles. The van der Waals surface area contributed by atoms with Crippen LogP contribution in [-0.4, -0.2) is 0 Å². The topological polar surface area (TPSA) is 3.24 Å². The Bertz CT molecular complexity index is 3130. The highest BCUT2D eigenvalue weighted by molar-refractivity contribution is 7.26. The predicted octanol–water partition coefficient (Wildman–Crippen LogP) is 15.2. The summed E-state index contributed by atoms with van der Waals surface area (Å²) in [6.45, 7) is 0. The number of para-hydroxylation sites is 1. The van der Waals surface area contributed by atoms with Gasteiger partial charge in [0.2, 0.25) is 0 Å². The van der Waals surface area contributed by atoms with Crippen LogP contribution < -0.4 is 4.90 Å². The van der Waals surface area contributed by atoms with Crippen molar-refractivity contribution in [3.8, 4) is 44.5 Å². The molecule has 2 heteroatoms. The molecular formula is C55H35NS. The van der Waals surface area contributed by atoms with Crippen molar-refractivity contribution in [1.82, 2.24) is 0 Å². The molecule has 1 heterocycles. The van der Waals surface area contributed by atoms with Crippen LogP contribution >= 0.6 is 11.3 Å². The fraction of sp³-hybridized carbons (Fsp3) is 0.0182. The number of rotatable bonds is 5. The maximum Gasteiger partial charge on any atom is 0.0726 e. The molecule has 2 aliphatic rings. The summed E-state index contributed by atoms with van der Waals surface area (Å²) >= 11 is 1.89. The number of benzene rings is 9. The highest BCUT2D eigenvalue weighted by Gasteiger charge is 2.51. The summed E-state index contributed by atoms with van der Waals surface area (Å²) in [6.07, 6.45) is 0. The van der Waals surface area contributed by atoms with Crippen LogP contribution in [0.15, 0.2) is 212 Å². The van der Waals surface area contributed by atoms with Crippen LogP contribution in [0.3, 0.4) is 0 Å². The SMILES string of the molecule is c1ccc(-c2cccc(N(c3ccccc3)c3ccc4c(c3)C3(c5ccccc5-c5ccccc53)c3ccccc3-4)c2-c2cccc3c2sc2ccccc23)cc1. The van der Waals surface area contributed by atoms with E-state index in [1.807, 2.05) is 11.3 Å². The molecule has 0 bridgehead atoms. The summed E-state index contributed by atoms with van der Waals surface area (Å²) in [6, 6.07) is 78.7. The molecule has 0 unspecified atom stereocenters. The lowest BCUT2D eigenvalue weighted by atomic mass is 9.70. The zero-order valence-corrected chi connectivity index (χ0v) is 31.9. The molecule has 0 radical (unpaired) electrons. The van der Waals surface area contributed by atoms with Gasteiger partial charge in [0.1, 0.15) is 0 Å². The van der Waals surface area contributed by atoms with Gasteiger partial charge in [-0.05, 0) is 92.0 Å². The van der Waals surface area contributed by atoms with Gasteiger partial charge in [0.25, 0.3) is 0 Å². The molecule has 10 aromatic rings. The fourth-order valence-corrected chi connectivity index (χ4v) is 11.3. The van der Waals surface area contributed by atoms with Gasteiger partial charge >= 0.3 is 0 Å². The van der Waals surface area contributed by atoms with E-state index in [1.165, 1.54) is 86.9 Å². The van der Waals surface area contributed by atoms with E-state index in [0.717, 1.165) is 17.1 Å². The predicted molar refractivity (Wildman–Crippen MR) is 241 cm³/mol. The summed E-state index contributed by atoms with van der Waals surface area (Å²) in [5.41, 5.74) is 18.4. The number of hydrogen-bond donors (Lipinski definition) is 0. The van der Waals surface area contributed by atoms with E-state index < -0.39 is 5.41 Å². The third-order valence-corrected chi connectivity index (χ3v) is 13.5. The molecule has 12 rings (SSSR count). The van der Waals surface area contributed by atoms with Gasteiger partial charge in [-0.1, -0.05) is 176 Å². The van der Waals surface area contributed by atoms with Crippen molar-refractivity contribution in [2.45, 2.75) is 5.41 Å². The Labute approximate surface area is 336 Å². The zero-order valence-electron chi connectivity index (χ0n) is 31.1. The largest absolute Gasteiger partial charge is 0.310 e. The van der Waals surface area contributed by atoms with E-state index in [1.54, 1.807) is 0 Å². The number of thiophene rings is 1. The van der Waals surface area contributed by atoms with Crippen molar-refractivity contribution in [2.24, 2.45) is 0 Å². The van der Waals surface area contributed by atoms with Gasteiger partial charge in [-0.2, -0.15) is 0 Å². The minimum Gasteiger partial charge on any atom is -0.310 e. The van der Waals surface area contributed by atoms with E-state index in [2.05, 4.69) is 217 Å². The van der Waals surface area contributed by atoms with Crippen LogP contribution in [0.4, 0.5) is 17.1 Å². The van der Waals surface area contributed by atoms with Gasteiger partial charge in [0, 0.05) is 42.7 Å². The Kier molecular flexibility index (Phi) is 7.08. The summed E-state index contributed by atoms with van der Waals surface area (Å²) in [5.74, 6) is 0. The van der Waals surface area contributed by atoms with Gasteiger partial charge in [0.05, 0.1) is 11.1 Å². The van der Waals surface area contributed by atoms with Gasteiger partial charge < -0.3 is 4.90 Å². The molecular weight excluding hydrogens is 707 g/mol. The lowest BCUT2D eigenvalue weighted by Crippen LogP contribution is -2.26. The minimum absolute atomic E-state index is 0.436. The third-order valence-electron chi connectivity index (χ3n) is 12.3. The molecule has 1 spiro atoms. The van der Waals surface area contributed by atoms with Gasteiger partial charge in [-0.15, -0.1) is 11.3 Å². The molecule has 0 saturated carbocycles. The highest BCUT2D eigenvalue weighted by atomic mass is 32.1. The van der Waals surface area contributed by atoms with Gasteiger partial charge in [-0.3, -0.25) is 0 Å². The quantitative estimate of drug-likeness (QED) is 0.170. The monoisotopic (exact) mass is 741 g/mol. The van der Waals surface area contributed by atoms with E-state index >= 15 is 0 Å². The van der Waals surface area contributed by atoms with Gasteiger partial charge in [0.15, 0.2) is 0 Å².